The summed E-state index contributed by atoms with van der Waals surface area (Å²) in [4.78, 5) is 12.9. The Morgan fingerprint density at radius 1 is 0.918 bits per heavy atom. The number of methoxy groups -OCH3 is 1. The number of benzene rings is 4. The average Bonchev–Trinajstić information content (AvgIpc) is 3.08. The molecule has 256 valence electrons. The third kappa shape index (κ3) is 9.41. The number of hydrogen-bond acceptors (Lipinski definition) is 17. The van der Waals surface area contributed by atoms with E-state index in [0.29, 0.717) is 33.4 Å². The summed E-state index contributed by atoms with van der Waals surface area (Å²) in [5.41, 5.74) is 1.72. The number of anilines is 5. The van der Waals surface area contributed by atoms with E-state index in [4.69, 9.17) is 9.99 Å². The number of hydrogen-bond donors (Lipinski definition) is 7. The molecule has 1 atom stereocenters. The third-order valence-corrected chi connectivity index (χ3v) is 8.45. The third-order valence-electron chi connectivity index (χ3n) is 6.35. The van der Waals surface area contributed by atoms with Gasteiger partial charge in [-0.25, -0.2) is 9.47 Å². The largest absolute Gasteiger partial charge is 0.494 e. The van der Waals surface area contributed by atoms with Crippen LogP contribution in [-0.2, 0) is 30.6 Å². The van der Waals surface area contributed by atoms with E-state index >= 15 is 0 Å². The maximum Gasteiger partial charge on any atom is 0.295 e. The minimum absolute atomic E-state index is 0.0134. The molecule has 5 aromatic rings. The molecular weight excluding hydrogens is 705 g/mol. The van der Waals surface area contributed by atoms with Gasteiger partial charge in [-0.2, -0.15) is 33.6 Å². The summed E-state index contributed by atoms with van der Waals surface area (Å²) in [6.45, 7) is -0.0866. The SMILES string of the molecule is COc1cc(N=Nc2cccc(SOOO)c2)ccc1Nc1nc(NCCO)nc(Nc2ccc3cc(S(=O)O)cc(S(=O)(=O)O)c3c2)n1. The Labute approximate surface area is 284 Å². The fraction of sp³-hybridized carbons (Fsp3) is 0.107. The molecule has 0 fully saturated rings. The lowest BCUT2D eigenvalue weighted by Crippen LogP contribution is -2.12. The zero-order valence-electron chi connectivity index (χ0n) is 25.0. The predicted molar refractivity (Wildman–Crippen MR) is 179 cm³/mol. The summed E-state index contributed by atoms with van der Waals surface area (Å²) in [6.07, 6.45) is 0. The second-order valence-corrected chi connectivity index (χ2v) is 12.7. The van der Waals surface area contributed by atoms with Crippen LogP contribution in [0.1, 0.15) is 0 Å². The van der Waals surface area contributed by atoms with Gasteiger partial charge in [0.05, 0.1) is 47.7 Å². The molecule has 1 aromatic heterocycles. The van der Waals surface area contributed by atoms with E-state index in [1.807, 2.05) is 0 Å². The predicted octanol–water partition coefficient (Wildman–Crippen LogP) is 5.60. The Kier molecular flexibility index (Phi) is 11.6. The number of aliphatic hydroxyl groups excluding tert-OH is 1. The van der Waals surface area contributed by atoms with Gasteiger partial charge in [0, 0.05) is 28.6 Å². The first kappa shape index (κ1) is 35.5. The normalized spacial score (nSPS) is 12.3. The quantitative estimate of drug-likeness (QED) is 0.0173. The van der Waals surface area contributed by atoms with E-state index in [1.54, 1.807) is 48.5 Å². The first-order valence-corrected chi connectivity index (χ1v) is 17.0. The fourth-order valence-corrected chi connectivity index (χ4v) is 5.95. The molecule has 49 heavy (non-hydrogen) atoms. The highest BCUT2D eigenvalue weighted by atomic mass is 32.2. The number of aromatic nitrogens is 3. The summed E-state index contributed by atoms with van der Waals surface area (Å²) in [7, 11) is -3.31. The van der Waals surface area contributed by atoms with Crippen molar-refractivity contribution in [2.24, 2.45) is 10.2 Å². The van der Waals surface area contributed by atoms with Crippen LogP contribution in [0.5, 0.6) is 5.75 Å². The number of aliphatic hydroxyl groups is 1. The molecule has 7 N–H and O–H groups in total. The fourth-order valence-electron chi connectivity index (χ4n) is 4.29. The monoisotopic (exact) mass is 730 g/mol. The van der Waals surface area contributed by atoms with Crippen LogP contribution in [0.25, 0.3) is 10.8 Å². The van der Waals surface area contributed by atoms with Crippen molar-refractivity contribution < 1.29 is 46.2 Å². The molecule has 1 heterocycles. The van der Waals surface area contributed by atoms with Crippen LogP contribution in [-0.4, -0.2) is 67.3 Å². The number of rotatable bonds is 15. The van der Waals surface area contributed by atoms with Crippen LogP contribution in [0.15, 0.2) is 97.7 Å². The first-order valence-electron chi connectivity index (χ1n) is 13.7. The molecule has 18 nitrogen and oxygen atoms in total. The highest BCUT2D eigenvalue weighted by Gasteiger charge is 2.19. The van der Waals surface area contributed by atoms with Crippen molar-refractivity contribution in [3.05, 3.63) is 72.8 Å². The van der Waals surface area contributed by atoms with Crippen LogP contribution in [0, 0.1) is 0 Å². The molecule has 0 aliphatic rings. The molecule has 0 amide bonds. The van der Waals surface area contributed by atoms with Gasteiger partial charge in [0.25, 0.3) is 10.1 Å². The van der Waals surface area contributed by atoms with Crippen molar-refractivity contribution in [2.75, 3.05) is 36.2 Å². The topological polar surface area (TPSA) is 259 Å². The van der Waals surface area contributed by atoms with E-state index in [2.05, 4.69) is 50.5 Å². The van der Waals surface area contributed by atoms with Gasteiger partial charge >= 0.3 is 0 Å². The van der Waals surface area contributed by atoms with Crippen LogP contribution in [0.3, 0.4) is 0 Å². The van der Waals surface area contributed by atoms with Crippen molar-refractivity contribution in [1.29, 1.82) is 0 Å². The van der Waals surface area contributed by atoms with Gasteiger partial charge < -0.3 is 30.3 Å². The van der Waals surface area contributed by atoms with Gasteiger partial charge in [-0.15, -0.1) is 4.33 Å². The second-order valence-electron chi connectivity index (χ2n) is 9.60. The maximum absolute atomic E-state index is 12.1. The van der Waals surface area contributed by atoms with E-state index in [1.165, 1.54) is 25.3 Å². The van der Waals surface area contributed by atoms with E-state index < -0.39 is 26.1 Å². The maximum atomic E-state index is 12.1. The minimum atomic E-state index is -4.77. The molecule has 0 spiro atoms. The molecule has 0 radical (unpaired) electrons. The smallest absolute Gasteiger partial charge is 0.295 e. The lowest BCUT2D eigenvalue weighted by atomic mass is 10.1. The summed E-state index contributed by atoms with van der Waals surface area (Å²) >= 11 is -1.70. The zero-order valence-corrected chi connectivity index (χ0v) is 27.5. The lowest BCUT2D eigenvalue weighted by molar-refractivity contribution is -0.432. The summed E-state index contributed by atoms with van der Waals surface area (Å²) in [6, 6.07) is 18.5. The standard InChI is InChI=1S/C28H26N8O10S3/c1-44-24-14-19(36-35-18-3-2-4-20(12-18)47-46-45-38)7-8-23(24)31-28-33-26(29-9-10-37)32-27(34-28)30-17-6-5-16-11-21(48(39)40)15-25(22(16)13-17)49(41,42)43/h2-8,11-15,37-38H,9-10H2,1H3,(H,39,40)(H,41,42,43)(H3,29,30,31,32,33,34). The Hall–Kier alpha value is -4.84. The van der Waals surface area contributed by atoms with Crippen LogP contribution in [0.4, 0.5) is 40.6 Å². The van der Waals surface area contributed by atoms with Crippen molar-refractivity contribution in [1.82, 2.24) is 15.0 Å². The Morgan fingerprint density at radius 3 is 2.35 bits per heavy atom. The minimum Gasteiger partial charge on any atom is -0.494 e. The summed E-state index contributed by atoms with van der Waals surface area (Å²) < 4.78 is 65.1. The Bertz CT molecular complexity index is 2140. The van der Waals surface area contributed by atoms with Crippen LogP contribution >= 0.6 is 12.0 Å². The molecule has 21 heteroatoms. The number of ether oxygens (including phenoxy) is 1. The highest BCUT2D eigenvalue weighted by molar-refractivity contribution is 7.94. The molecule has 0 saturated heterocycles. The van der Waals surface area contributed by atoms with E-state index in [-0.39, 0.29) is 46.7 Å². The average molecular weight is 731 g/mol. The van der Waals surface area contributed by atoms with Gasteiger partial charge in [-0.1, -0.05) is 17.2 Å². The summed E-state index contributed by atoms with van der Waals surface area (Å²) in [5.74, 6) is 0.525. The molecule has 4 aromatic carbocycles. The number of nitrogens with one attached hydrogen (secondary N) is 3. The van der Waals surface area contributed by atoms with Crippen LogP contribution < -0.4 is 20.7 Å². The van der Waals surface area contributed by atoms with Crippen molar-refractivity contribution in [3.8, 4) is 5.75 Å². The number of azo groups is 1. The van der Waals surface area contributed by atoms with Crippen molar-refractivity contribution >= 4 is 84.6 Å². The molecule has 5 rings (SSSR count). The zero-order chi connectivity index (χ0) is 35.0. The number of nitrogens with zero attached hydrogens (tertiary/aromatic N) is 5. The highest BCUT2D eigenvalue weighted by Crippen LogP contribution is 2.34. The molecule has 1 unspecified atom stereocenters. The van der Waals surface area contributed by atoms with Gasteiger partial charge in [0.15, 0.2) is 11.1 Å². The first-order chi connectivity index (χ1) is 23.6. The molecule has 0 aliphatic heterocycles. The molecule has 0 aliphatic carbocycles. The van der Waals surface area contributed by atoms with Gasteiger partial charge in [-0.3, -0.25) is 4.55 Å². The van der Waals surface area contributed by atoms with Gasteiger partial charge in [0.1, 0.15) is 10.6 Å². The Morgan fingerprint density at radius 2 is 1.65 bits per heavy atom. The van der Waals surface area contributed by atoms with E-state index in [0.717, 1.165) is 18.1 Å². The van der Waals surface area contributed by atoms with Crippen LogP contribution in [0.2, 0.25) is 0 Å². The molecular formula is C28H26N8O10S3. The van der Waals surface area contributed by atoms with Crippen molar-refractivity contribution in [2.45, 2.75) is 14.7 Å². The number of fused-ring (bicyclic) bond motifs is 1. The molecule has 0 bridgehead atoms. The van der Waals surface area contributed by atoms with E-state index in [9.17, 15) is 26.8 Å². The lowest BCUT2D eigenvalue weighted by Gasteiger charge is -2.14. The van der Waals surface area contributed by atoms with Gasteiger partial charge in [0.2, 0.25) is 17.8 Å². The molecule has 0 saturated carbocycles. The van der Waals surface area contributed by atoms with Crippen molar-refractivity contribution in [3.63, 3.8) is 0 Å². The second kappa shape index (κ2) is 16.0. The Balaban J connectivity index is 1.42. The van der Waals surface area contributed by atoms with Gasteiger partial charge in [-0.05, 0) is 60.0 Å². The summed E-state index contributed by atoms with van der Waals surface area (Å²) in [5, 5.41) is 39.0.